The number of hydrogen-bond acceptors (Lipinski definition) is 5. The predicted octanol–water partition coefficient (Wildman–Crippen LogP) is 0.800. The van der Waals surface area contributed by atoms with Gasteiger partial charge in [0.2, 0.25) is 10.0 Å². The van der Waals surface area contributed by atoms with Crippen molar-refractivity contribution in [1.29, 1.82) is 0 Å². The van der Waals surface area contributed by atoms with Gasteiger partial charge in [0.25, 0.3) is 5.91 Å². The van der Waals surface area contributed by atoms with Crippen LogP contribution < -0.4 is 15.8 Å². The molecule has 0 bridgehead atoms. The SMILES string of the molecule is O=C(c1ccccc1)N1CCCC(NS(=O)(=O)c2ccc3[nH]c(=O)c(=O)[nH]c3c2)C1. The number of rotatable bonds is 4. The van der Waals surface area contributed by atoms with E-state index >= 15 is 0 Å². The topological polar surface area (TPSA) is 132 Å². The number of H-pyrrole nitrogens is 2. The molecule has 2 heterocycles. The van der Waals surface area contributed by atoms with E-state index in [1.54, 1.807) is 29.2 Å². The summed E-state index contributed by atoms with van der Waals surface area (Å²) in [6.07, 6.45) is 1.29. The lowest BCUT2D eigenvalue weighted by Gasteiger charge is -2.33. The van der Waals surface area contributed by atoms with Gasteiger partial charge < -0.3 is 14.9 Å². The van der Waals surface area contributed by atoms with Crippen molar-refractivity contribution in [3.05, 3.63) is 74.8 Å². The normalized spacial score (nSPS) is 17.2. The Hall–Kier alpha value is -3.24. The van der Waals surface area contributed by atoms with E-state index in [-0.39, 0.29) is 22.9 Å². The van der Waals surface area contributed by atoms with Gasteiger partial charge in [0.05, 0.1) is 15.9 Å². The highest BCUT2D eigenvalue weighted by Crippen LogP contribution is 2.18. The third-order valence-corrected chi connectivity index (χ3v) is 6.57. The molecule has 10 heteroatoms. The Morgan fingerprint density at radius 3 is 2.43 bits per heavy atom. The monoisotopic (exact) mass is 428 g/mol. The second-order valence-corrected chi connectivity index (χ2v) is 8.91. The van der Waals surface area contributed by atoms with Crippen molar-refractivity contribution in [2.75, 3.05) is 13.1 Å². The summed E-state index contributed by atoms with van der Waals surface area (Å²) >= 11 is 0. The van der Waals surface area contributed by atoms with Crippen LogP contribution in [0.2, 0.25) is 0 Å². The zero-order valence-electron chi connectivity index (χ0n) is 15.9. The maximum absolute atomic E-state index is 12.9. The molecule has 1 atom stereocenters. The molecule has 156 valence electrons. The van der Waals surface area contributed by atoms with E-state index in [1.165, 1.54) is 18.2 Å². The first-order chi connectivity index (χ1) is 14.3. The number of hydrogen-bond donors (Lipinski definition) is 3. The minimum atomic E-state index is -3.89. The number of fused-ring (bicyclic) bond motifs is 1. The average molecular weight is 428 g/mol. The second-order valence-electron chi connectivity index (χ2n) is 7.19. The van der Waals surface area contributed by atoms with E-state index in [1.807, 2.05) is 6.07 Å². The van der Waals surface area contributed by atoms with Gasteiger partial charge in [0.1, 0.15) is 0 Å². The third kappa shape index (κ3) is 4.05. The molecule has 1 amide bonds. The molecule has 1 unspecified atom stereocenters. The second kappa shape index (κ2) is 7.88. The Morgan fingerprint density at radius 1 is 1.00 bits per heavy atom. The van der Waals surface area contributed by atoms with Gasteiger partial charge in [-0.15, -0.1) is 0 Å². The first-order valence-corrected chi connectivity index (χ1v) is 10.9. The van der Waals surface area contributed by atoms with Crippen LogP contribution in [0.1, 0.15) is 23.2 Å². The van der Waals surface area contributed by atoms with Crippen LogP contribution >= 0.6 is 0 Å². The molecule has 1 aliphatic rings. The Morgan fingerprint density at radius 2 is 1.70 bits per heavy atom. The summed E-state index contributed by atoms with van der Waals surface area (Å²) in [7, 11) is -3.89. The van der Waals surface area contributed by atoms with Crippen molar-refractivity contribution in [3.63, 3.8) is 0 Å². The van der Waals surface area contributed by atoms with Gasteiger partial charge in [-0.1, -0.05) is 18.2 Å². The fraction of sp³-hybridized carbons (Fsp3) is 0.250. The lowest BCUT2D eigenvalue weighted by Crippen LogP contribution is -2.49. The molecule has 4 rings (SSSR count). The molecule has 2 aromatic carbocycles. The number of piperidine rings is 1. The summed E-state index contributed by atoms with van der Waals surface area (Å²) in [4.78, 5) is 42.0. The van der Waals surface area contributed by atoms with Gasteiger partial charge in [-0.05, 0) is 43.2 Å². The van der Waals surface area contributed by atoms with Gasteiger partial charge in [-0.3, -0.25) is 14.4 Å². The molecular formula is C20H20N4O5S. The van der Waals surface area contributed by atoms with Crippen molar-refractivity contribution >= 4 is 27.0 Å². The molecule has 0 radical (unpaired) electrons. The predicted molar refractivity (Wildman–Crippen MR) is 111 cm³/mol. The molecule has 0 aliphatic carbocycles. The van der Waals surface area contributed by atoms with Crippen LogP contribution in [0.25, 0.3) is 11.0 Å². The van der Waals surface area contributed by atoms with Crippen molar-refractivity contribution < 1.29 is 13.2 Å². The standard InChI is InChI=1S/C20H20N4O5S/c25-18-19(26)22-17-11-15(8-9-16(17)21-18)30(28,29)23-14-7-4-10-24(12-14)20(27)13-5-2-1-3-6-13/h1-3,5-6,8-9,11,14,23H,4,7,10,12H2,(H,21,25)(H,22,26). The smallest absolute Gasteiger partial charge is 0.314 e. The van der Waals surface area contributed by atoms with Gasteiger partial charge in [0, 0.05) is 24.7 Å². The minimum absolute atomic E-state index is 0.0378. The number of amides is 1. The van der Waals surface area contributed by atoms with E-state index in [9.17, 15) is 22.8 Å². The fourth-order valence-electron chi connectivity index (χ4n) is 3.57. The van der Waals surface area contributed by atoms with Crippen molar-refractivity contribution in [2.24, 2.45) is 0 Å². The summed E-state index contributed by atoms with van der Waals surface area (Å²) < 4.78 is 28.4. The molecule has 3 aromatic rings. The Kier molecular flexibility index (Phi) is 5.27. The molecule has 3 N–H and O–H groups in total. The number of aromatic amines is 2. The summed E-state index contributed by atoms with van der Waals surface area (Å²) in [5, 5.41) is 0. The Balaban J connectivity index is 1.53. The average Bonchev–Trinajstić information content (AvgIpc) is 2.74. The lowest BCUT2D eigenvalue weighted by molar-refractivity contribution is 0.0703. The molecule has 1 fully saturated rings. The van der Waals surface area contributed by atoms with Gasteiger partial charge in [-0.2, -0.15) is 0 Å². The summed E-state index contributed by atoms with van der Waals surface area (Å²) in [6, 6.07) is 12.5. The molecule has 1 saturated heterocycles. The maximum atomic E-state index is 12.9. The summed E-state index contributed by atoms with van der Waals surface area (Å²) in [5.41, 5.74) is -0.551. The van der Waals surface area contributed by atoms with Crippen LogP contribution in [0.3, 0.4) is 0 Å². The van der Waals surface area contributed by atoms with Crippen LogP contribution in [0.5, 0.6) is 0 Å². The van der Waals surface area contributed by atoms with E-state index in [0.29, 0.717) is 30.5 Å². The van der Waals surface area contributed by atoms with Crippen molar-refractivity contribution in [3.8, 4) is 0 Å². The molecule has 30 heavy (non-hydrogen) atoms. The van der Waals surface area contributed by atoms with E-state index in [4.69, 9.17) is 0 Å². The molecule has 1 aromatic heterocycles. The minimum Gasteiger partial charge on any atom is -0.337 e. The molecular weight excluding hydrogens is 408 g/mol. The van der Waals surface area contributed by atoms with Gasteiger partial charge in [-0.25, -0.2) is 13.1 Å². The van der Waals surface area contributed by atoms with Gasteiger partial charge in [0.15, 0.2) is 0 Å². The van der Waals surface area contributed by atoms with E-state index in [0.717, 1.165) is 0 Å². The lowest BCUT2D eigenvalue weighted by atomic mass is 10.1. The number of carbonyl (C=O) groups is 1. The number of likely N-dealkylation sites (tertiary alicyclic amines) is 1. The number of nitrogens with one attached hydrogen (secondary N) is 3. The Bertz CT molecular complexity index is 1310. The third-order valence-electron chi connectivity index (χ3n) is 5.06. The van der Waals surface area contributed by atoms with Crippen LogP contribution in [-0.4, -0.2) is 48.3 Å². The van der Waals surface area contributed by atoms with Gasteiger partial charge >= 0.3 is 11.1 Å². The van der Waals surface area contributed by atoms with E-state index < -0.39 is 27.2 Å². The number of carbonyl (C=O) groups excluding carboxylic acids is 1. The number of nitrogens with zero attached hydrogens (tertiary/aromatic N) is 1. The molecule has 0 spiro atoms. The number of benzene rings is 2. The quantitative estimate of drug-likeness (QED) is 0.529. The van der Waals surface area contributed by atoms with Crippen LogP contribution in [0.15, 0.2) is 63.0 Å². The zero-order chi connectivity index (χ0) is 21.3. The van der Waals surface area contributed by atoms with Crippen LogP contribution in [0.4, 0.5) is 0 Å². The fourth-order valence-corrected chi connectivity index (χ4v) is 4.86. The molecule has 1 aliphatic heterocycles. The van der Waals surface area contributed by atoms with Crippen LogP contribution in [-0.2, 0) is 10.0 Å². The number of aromatic nitrogens is 2. The highest BCUT2D eigenvalue weighted by molar-refractivity contribution is 7.89. The highest BCUT2D eigenvalue weighted by Gasteiger charge is 2.28. The van der Waals surface area contributed by atoms with Crippen LogP contribution in [0, 0.1) is 0 Å². The molecule has 9 nitrogen and oxygen atoms in total. The maximum Gasteiger partial charge on any atom is 0.314 e. The molecule has 0 saturated carbocycles. The first-order valence-electron chi connectivity index (χ1n) is 9.46. The van der Waals surface area contributed by atoms with Crippen molar-refractivity contribution in [1.82, 2.24) is 19.6 Å². The largest absolute Gasteiger partial charge is 0.337 e. The van der Waals surface area contributed by atoms with Crippen molar-refractivity contribution in [2.45, 2.75) is 23.8 Å². The Labute approximate surface area is 171 Å². The van der Waals surface area contributed by atoms with E-state index in [2.05, 4.69) is 14.7 Å². The first kappa shape index (κ1) is 20.0. The number of sulfonamides is 1. The zero-order valence-corrected chi connectivity index (χ0v) is 16.7. The highest BCUT2D eigenvalue weighted by atomic mass is 32.2. The summed E-state index contributed by atoms with van der Waals surface area (Å²) in [5.74, 6) is -0.133. The summed E-state index contributed by atoms with van der Waals surface area (Å²) in [6.45, 7) is 0.835.